The van der Waals surface area contributed by atoms with Crippen LogP contribution in [0.25, 0.3) is 0 Å². The van der Waals surface area contributed by atoms with Crippen LogP contribution in [-0.4, -0.2) is 16.0 Å². The number of benzene rings is 2. The van der Waals surface area contributed by atoms with Crippen LogP contribution in [0.15, 0.2) is 60.7 Å². The van der Waals surface area contributed by atoms with E-state index in [1.807, 2.05) is 49.4 Å². The van der Waals surface area contributed by atoms with Crippen molar-refractivity contribution in [3.63, 3.8) is 0 Å². The SMILES string of the molecule is Cc1cc(Nc2ccccc2C#N)nc(N(Cc2ccccc2)C(C)C)n1. The molecule has 27 heavy (non-hydrogen) atoms. The van der Waals surface area contributed by atoms with Crippen LogP contribution in [-0.2, 0) is 6.54 Å². The molecule has 3 rings (SSSR count). The molecule has 0 saturated carbocycles. The summed E-state index contributed by atoms with van der Waals surface area (Å²) in [5, 5.41) is 12.6. The van der Waals surface area contributed by atoms with E-state index >= 15 is 0 Å². The van der Waals surface area contributed by atoms with Gasteiger partial charge in [-0.1, -0.05) is 42.5 Å². The Labute approximate surface area is 160 Å². The van der Waals surface area contributed by atoms with Crippen LogP contribution in [0, 0.1) is 18.3 Å². The summed E-state index contributed by atoms with van der Waals surface area (Å²) in [7, 11) is 0. The summed E-state index contributed by atoms with van der Waals surface area (Å²) in [5.74, 6) is 1.35. The summed E-state index contributed by atoms with van der Waals surface area (Å²) in [5.41, 5.74) is 3.40. The summed E-state index contributed by atoms with van der Waals surface area (Å²) < 4.78 is 0. The lowest BCUT2D eigenvalue weighted by Crippen LogP contribution is -2.32. The monoisotopic (exact) mass is 357 g/mol. The molecule has 0 bridgehead atoms. The molecule has 5 heteroatoms. The molecule has 0 aliphatic carbocycles. The number of para-hydroxylation sites is 1. The summed E-state index contributed by atoms with van der Waals surface area (Å²) in [6.07, 6.45) is 0. The topological polar surface area (TPSA) is 64.8 Å². The molecular weight excluding hydrogens is 334 g/mol. The Bertz CT molecular complexity index is 944. The van der Waals surface area contributed by atoms with E-state index in [2.05, 4.69) is 47.3 Å². The maximum Gasteiger partial charge on any atom is 0.228 e. The number of aromatic nitrogens is 2. The molecular formula is C22H23N5. The highest BCUT2D eigenvalue weighted by Gasteiger charge is 2.16. The van der Waals surface area contributed by atoms with Gasteiger partial charge in [-0.25, -0.2) is 4.98 Å². The van der Waals surface area contributed by atoms with Gasteiger partial charge in [-0.05, 0) is 38.5 Å². The normalized spacial score (nSPS) is 10.5. The standard InChI is InChI=1S/C22H23N5/c1-16(2)27(15-18-9-5-4-6-10-18)22-24-17(3)13-21(26-22)25-20-12-8-7-11-19(20)14-23/h4-13,16H,15H2,1-3H3,(H,24,25,26). The summed E-state index contributed by atoms with van der Waals surface area (Å²) in [6.45, 7) is 6.95. The number of hydrogen-bond donors (Lipinski definition) is 1. The van der Waals surface area contributed by atoms with Crippen molar-refractivity contribution in [2.24, 2.45) is 0 Å². The van der Waals surface area contributed by atoms with Crippen molar-refractivity contribution in [2.75, 3.05) is 10.2 Å². The number of aryl methyl sites for hydroxylation is 1. The Morgan fingerprint density at radius 2 is 1.74 bits per heavy atom. The van der Waals surface area contributed by atoms with E-state index in [4.69, 9.17) is 4.98 Å². The third-order valence-electron chi connectivity index (χ3n) is 4.23. The fourth-order valence-corrected chi connectivity index (χ4v) is 2.84. The molecule has 0 saturated heterocycles. The minimum Gasteiger partial charge on any atom is -0.339 e. The van der Waals surface area contributed by atoms with Crippen LogP contribution in [0.2, 0.25) is 0 Å². The van der Waals surface area contributed by atoms with Crippen molar-refractivity contribution in [2.45, 2.75) is 33.4 Å². The van der Waals surface area contributed by atoms with Gasteiger partial charge in [0.15, 0.2) is 0 Å². The Balaban J connectivity index is 1.92. The zero-order chi connectivity index (χ0) is 19.2. The van der Waals surface area contributed by atoms with Crippen LogP contribution in [0.1, 0.15) is 30.7 Å². The Morgan fingerprint density at radius 1 is 1.04 bits per heavy atom. The maximum absolute atomic E-state index is 9.30. The van der Waals surface area contributed by atoms with Crippen molar-refractivity contribution >= 4 is 17.5 Å². The second-order valence-electron chi connectivity index (χ2n) is 6.68. The first-order valence-electron chi connectivity index (χ1n) is 8.99. The van der Waals surface area contributed by atoms with Gasteiger partial charge in [0, 0.05) is 24.3 Å². The van der Waals surface area contributed by atoms with Crippen molar-refractivity contribution in [3.8, 4) is 6.07 Å². The number of nitrogens with one attached hydrogen (secondary N) is 1. The molecule has 136 valence electrons. The van der Waals surface area contributed by atoms with Crippen molar-refractivity contribution in [1.82, 2.24) is 9.97 Å². The van der Waals surface area contributed by atoms with Crippen LogP contribution in [0.5, 0.6) is 0 Å². The average molecular weight is 357 g/mol. The van der Waals surface area contributed by atoms with E-state index in [9.17, 15) is 5.26 Å². The minimum atomic E-state index is 0.242. The van der Waals surface area contributed by atoms with Gasteiger partial charge in [-0.2, -0.15) is 10.2 Å². The van der Waals surface area contributed by atoms with Crippen molar-refractivity contribution < 1.29 is 0 Å². The largest absolute Gasteiger partial charge is 0.339 e. The molecule has 5 nitrogen and oxygen atoms in total. The van der Waals surface area contributed by atoms with Crippen LogP contribution in [0.4, 0.5) is 17.5 Å². The number of nitriles is 1. The first-order valence-corrected chi connectivity index (χ1v) is 8.99. The molecule has 2 aromatic carbocycles. The van der Waals surface area contributed by atoms with Gasteiger partial charge in [0.1, 0.15) is 11.9 Å². The molecule has 1 heterocycles. The smallest absolute Gasteiger partial charge is 0.228 e. The van der Waals surface area contributed by atoms with Gasteiger partial charge in [0.25, 0.3) is 0 Å². The van der Waals surface area contributed by atoms with Crippen LogP contribution in [0.3, 0.4) is 0 Å². The van der Waals surface area contributed by atoms with Gasteiger partial charge < -0.3 is 10.2 Å². The predicted molar refractivity (Wildman–Crippen MR) is 109 cm³/mol. The third-order valence-corrected chi connectivity index (χ3v) is 4.23. The van der Waals surface area contributed by atoms with Gasteiger partial charge in [0.2, 0.25) is 5.95 Å². The number of anilines is 3. The highest BCUT2D eigenvalue weighted by molar-refractivity contribution is 5.65. The van der Waals surface area contributed by atoms with E-state index in [1.54, 1.807) is 6.07 Å². The second kappa shape index (κ2) is 8.33. The van der Waals surface area contributed by atoms with E-state index in [1.165, 1.54) is 5.56 Å². The fourth-order valence-electron chi connectivity index (χ4n) is 2.84. The Hall–Kier alpha value is -3.39. The van der Waals surface area contributed by atoms with E-state index < -0.39 is 0 Å². The van der Waals surface area contributed by atoms with Crippen LogP contribution < -0.4 is 10.2 Å². The van der Waals surface area contributed by atoms with E-state index in [0.29, 0.717) is 17.3 Å². The van der Waals surface area contributed by atoms with Gasteiger partial charge in [-0.15, -0.1) is 0 Å². The Kier molecular flexibility index (Phi) is 5.68. The quantitative estimate of drug-likeness (QED) is 0.685. The lowest BCUT2D eigenvalue weighted by atomic mass is 10.2. The molecule has 0 fully saturated rings. The highest BCUT2D eigenvalue weighted by Crippen LogP contribution is 2.23. The first kappa shape index (κ1) is 18.4. The summed E-state index contributed by atoms with van der Waals surface area (Å²) >= 11 is 0. The zero-order valence-corrected chi connectivity index (χ0v) is 15.8. The molecule has 0 aliphatic heterocycles. The van der Waals surface area contributed by atoms with E-state index in [0.717, 1.165) is 17.9 Å². The summed E-state index contributed by atoms with van der Waals surface area (Å²) in [6, 6.07) is 22.0. The molecule has 0 unspecified atom stereocenters. The first-order chi connectivity index (χ1) is 13.1. The molecule has 0 aliphatic rings. The molecule has 3 aromatic rings. The number of nitrogens with zero attached hydrogens (tertiary/aromatic N) is 4. The molecule has 0 atom stereocenters. The lowest BCUT2D eigenvalue weighted by Gasteiger charge is -2.27. The Morgan fingerprint density at radius 3 is 2.44 bits per heavy atom. The van der Waals surface area contributed by atoms with Gasteiger partial charge in [-0.3, -0.25) is 0 Å². The number of hydrogen-bond acceptors (Lipinski definition) is 5. The number of rotatable bonds is 6. The lowest BCUT2D eigenvalue weighted by molar-refractivity contribution is 0.659. The van der Waals surface area contributed by atoms with E-state index in [-0.39, 0.29) is 6.04 Å². The van der Waals surface area contributed by atoms with Crippen LogP contribution >= 0.6 is 0 Å². The molecule has 1 aromatic heterocycles. The minimum absolute atomic E-state index is 0.242. The highest BCUT2D eigenvalue weighted by atomic mass is 15.3. The predicted octanol–water partition coefficient (Wildman–Crippen LogP) is 4.82. The fraction of sp³-hybridized carbons (Fsp3) is 0.227. The third kappa shape index (κ3) is 4.62. The molecule has 0 spiro atoms. The summed E-state index contributed by atoms with van der Waals surface area (Å²) in [4.78, 5) is 11.5. The molecule has 0 amide bonds. The van der Waals surface area contributed by atoms with Gasteiger partial charge >= 0.3 is 0 Å². The zero-order valence-electron chi connectivity index (χ0n) is 15.8. The van der Waals surface area contributed by atoms with Gasteiger partial charge in [0.05, 0.1) is 11.3 Å². The molecule has 0 radical (unpaired) electrons. The maximum atomic E-state index is 9.30. The van der Waals surface area contributed by atoms with Crippen molar-refractivity contribution in [1.29, 1.82) is 5.26 Å². The second-order valence-corrected chi connectivity index (χ2v) is 6.68. The van der Waals surface area contributed by atoms with Crippen molar-refractivity contribution in [3.05, 3.63) is 77.5 Å². The average Bonchev–Trinajstić information content (AvgIpc) is 2.66. The molecule has 1 N–H and O–H groups in total.